The van der Waals surface area contributed by atoms with Crippen molar-refractivity contribution in [3.05, 3.63) is 251 Å². The minimum Gasteiger partial charge on any atom is -0.399 e. The Labute approximate surface area is 387 Å². The predicted octanol–water partition coefficient (Wildman–Crippen LogP) is 14.1. The summed E-state index contributed by atoms with van der Waals surface area (Å²) in [7, 11) is 3.24. The molecular weight excluding hydrogens is 817 g/mol. The van der Waals surface area contributed by atoms with Gasteiger partial charge in [-0.3, -0.25) is 0 Å². The van der Waals surface area contributed by atoms with E-state index in [1.807, 2.05) is 96.7 Å². The summed E-state index contributed by atoms with van der Waals surface area (Å²) in [5.41, 5.74) is 12.7. The van der Waals surface area contributed by atoms with Gasteiger partial charge in [0.1, 0.15) is 17.7 Å². The van der Waals surface area contributed by atoms with Crippen LogP contribution in [0.3, 0.4) is 0 Å². The number of hydroxylamine groups is 1. The SMILES string of the molecule is CC(CS)c1ccccc1.CON=C(c1ccccc1)c1ccccc1.CONC(SC[C@@H](C)c1ccccc1)(c1ccccc1)c1ccccc1.C[C@@H](CS)c1ccccc1. The van der Waals surface area contributed by atoms with Crippen LogP contribution in [0.25, 0.3) is 0 Å². The molecule has 1 unspecified atom stereocenters. The monoisotopic (exact) mass is 878 g/mol. The number of oxime groups is 1. The number of nitrogens with one attached hydrogen (secondary N) is 1. The van der Waals surface area contributed by atoms with Gasteiger partial charge in [-0.1, -0.05) is 238 Å². The lowest BCUT2D eigenvalue weighted by atomic mass is 9.98. The smallest absolute Gasteiger partial charge is 0.138 e. The van der Waals surface area contributed by atoms with Gasteiger partial charge < -0.3 is 9.68 Å². The van der Waals surface area contributed by atoms with E-state index in [9.17, 15) is 0 Å². The number of thioether (sulfide) groups is 1. The summed E-state index contributed by atoms with van der Waals surface area (Å²) in [6, 6.07) is 72.6. The predicted molar refractivity (Wildman–Crippen MR) is 274 cm³/mol. The topological polar surface area (TPSA) is 42.9 Å². The molecule has 7 aromatic carbocycles. The first-order chi connectivity index (χ1) is 30.4. The Morgan fingerprint density at radius 1 is 0.484 bits per heavy atom. The van der Waals surface area contributed by atoms with Crippen molar-refractivity contribution in [2.24, 2.45) is 5.16 Å². The molecule has 0 spiro atoms. The maximum atomic E-state index is 5.48. The van der Waals surface area contributed by atoms with E-state index in [0.717, 1.165) is 34.1 Å². The maximum Gasteiger partial charge on any atom is 0.138 e. The average molecular weight is 879 g/mol. The summed E-state index contributed by atoms with van der Waals surface area (Å²) in [5, 5.41) is 4.08. The van der Waals surface area contributed by atoms with E-state index in [0.29, 0.717) is 17.8 Å². The lowest BCUT2D eigenvalue weighted by molar-refractivity contribution is 0.0603. The quantitative estimate of drug-likeness (QED) is 0.0415. The molecule has 0 saturated carbocycles. The van der Waals surface area contributed by atoms with Crippen molar-refractivity contribution in [3.8, 4) is 0 Å². The third kappa shape index (κ3) is 16.0. The molecule has 0 amide bonds. The summed E-state index contributed by atoms with van der Waals surface area (Å²) in [6.45, 7) is 6.64. The molecule has 0 heterocycles. The first-order valence-electron chi connectivity index (χ1n) is 21.0. The lowest BCUT2D eigenvalue weighted by Crippen LogP contribution is -2.40. The molecule has 3 atom stereocenters. The van der Waals surface area contributed by atoms with Crippen LogP contribution >= 0.6 is 37.0 Å². The van der Waals surface area contributed by atoms with Gasteiger partial charge >= 0.3 is 0 Å². The number of hydrogen-bond acceptors (Lipinski definition) is 7. The molecule has 7 rings (SSSR count). The van der Waals surface area contributed by atoms with E-state index in [2.05, 4.69) is 184 Å². The Kier molecular flexibility index (Phi) is 22.9. The highest BCUT2D eigenvalue weighted by Crippen LogP contribution is 2.42. The van der Waals surface area contributed by atoms with E-state index >= 15 is 0 Å². The van der Waals surface area contributed by atoms with Crippen LogP contribution in [0, 0.1) is 0 Å². The zero-order valence-corrected chi connectivity index (χ0v) is 39.2. The number of hydrogen-bond donors (Lipinski definition) is 3. The third-order valence-corrected chi connectivity index (χ3v) is 12.8. The molecule has 0 fully saturated rings. The maximum absolute atomic E-state index is 5.48. The van der Waals surface area contributed by atoms with Crippen LogP contribution < -0.4 is 5.48 Å². The zero-order chi connectivity index (χ0) is 44.3. The number of benzene rings is 7. The molecule has 0 aliphatic rings. The molecule has 62 heavy (non-hydrogen) atoms. The summed E-state index contributed by atoms with van der Waals surface area (Å²) >= 11 is 10.3. The van der Waals surface area contributed by atoms with Crippen LogP contribution in [0.15, 0.2) is 217 Å². The molecule has 7 aromatic rings. The lowest BCUT2D eigenvalue weighted by Gasteiger charge is -2.35. The second kappa shape index (κ2) is 28.6. The highest BCUT2D eigenvalue weighted by molar-refractivity contribution is 8.00. The molecule has 7 heteroatoms. The first kappa shape index (κ1) is 49.6. The van der Waals surface area contributed by atoms with Crippen molar-refractivity contribution in [3.63, 3.8) is 0 Å². The second-order valence-electron chi connectivity index (χ2n) is 14.7. The van der Waals surface area contributed by atoms with Crippen molar-refractivity contribution < 1.29 is 9.68 Å². The fourth-order valence-corrected chi connectivity index (χ4v) is 8.29. The third-order valence-electron chi connectivity index (χ3n) is 10.1. The van der Waals surface area contributed by atoms with Crippen molar-refractivity contribution >= 4 is 42.7 Å². The summed E-state index contributed by atoms with van der Waals surface area (Å²) in [4.78, 5) is 9.93. The molecule has 0 radical (unpaired) electrons. The normalized spacial score (nSPS) is 12.0. The van der Waals surface area contributed by atoms with Gasteiger partial charge in [-0.2, -0.15) is 30.7 Å². The summed E-state index contributed by atoms with van der Waals surface area (Å²) in [6.07, 6.45) is 0. The molecule has 322 valence electrons. The Balaban J connectivity index is 0.000000199. The van der Waals surface area contributed by atoms with Gasteiger partial charge in [-0.05, 0) is 57.1 Å². The van der Waals surface area contributed by atoms with Crippen LogP contribution in [0.4, 0.5) is 0 Å². The highest BCUT2D eigenvalue weighted by Gasteiger charge is 2.35. The van der Waals surface area contributed by atoms with E-state index in [4.69, 9.17) is 9.68 Å². The highest BCUT2D eigenvalue weighted by atomic mass is 32.2. The number of nitrogens with zero attached hydrogens (tertiary/aromatic N) is 1. The Morgan fingerprint density at radius 2 is 0.790 bits per heavy atom. The van der Waals surface area contributed by atoms with Gasteiger partial charge in [0.15, 0.2) is 0 Å². The standard InChI is InChI=1S/C23H25NOS.C14H13NO.2C9H12S/c1-19(20-12-6-3-7-13-20)18-26-23(24-25-2,21-14-8-4-9-15-21)22-16-10-5-11-17-22;1-16-15-14(12-8-4-2-5-9-12)13-10-6-3-7-11-13;2*1-8(7-10)9-5-3-2-4-6-9/h3-17,19,24H,18H2,1-2H3;2-11H,1H3;2*2-6,8,10H,7H2,1H3/t19-;;8-;/m1.0./s1. The summed E-state index contributed by atoms with van der Waals surface area (Å²) in [5.74, 6) is 4.39. The molecule has 1 N–H and O–H groups in total. The number of thiol groups is 2. The van der Waals surface area contributed by atoms with Crippen LogP contribution in [0.1, 0.15) is 77.5 Å². The van der Waals surface area contributed by atoms with Gasteiger partial charge in [0.25, 0.3) is 0 Å². The van der Waals surface area contributed by atoms with Gasteiger partial charge in [0.05, 0.1) is 7.11 Å². The van der Waals surface area contributed by atoms with E-state index in [1.165, 1.54) is 27.8 Å². The summed E-state index contributed by atoms with van der Waals surface area (Å²) < 4.78 is 0. The Bertz CT molecular complexity index is 2070. The molecule has 0 aliphatic heterocycles. The first-order valence-corrected chi connectivity index (χ1v) is 23.3. The van der Waals surface area contributed by atoms with Crippen LogP contribution in [-0.4, -0.2) is 37.2 Å². The Morgan fingerprint density at radius 3 is 1.10 bits per heavy atom. The largest absolute Gasteiger partial charge is 0.399 e. The second-order valence-corrected chi connectivity index (χ2v) is 16.6. The fraction of sp³-hybridized carbons (Fsp3) is 0.218. The Hall–Kier alpha value is -5.02. The minimum absolute atomic E-state index is 0.437. The van der Waals surface area contributed by atoms with Crippen LogP contribution in [0.2, 0.25) is 0 Å². The van der Waals surface area contributed by atoms with E-state index in [-0.39, 0.29) is 0 Å². The van der Waals surface area contributed by atoms with Crippen LogP contribution in [0.5, 0.6) is 0 Å². The minimum atomic E-state index is -0.458. The van der Waals surface area contributed by atoms with Gasteiger partial charge in [0.2, 0.25) is 0 Å². The van der Waals surface area contributed by atoms with E-state index in [1.54, 1.807) is 14.2 Å². The van der Waals surface area contributed by atoms with Gasteiger partial charge in [0, 0.05) is 16.9 Å². The molecule has 0 aromatic heterocycles. The molecule has 0 saturated heterocycles. The van der Waals surface area contributed by atoms with Crippen molar-refractivity contribution in [1.29, 1.82) is 0 Å². The average Bonchev–Trinajstić information content (AvgIpc) is 3.36. The van der Waals surface area contributed by atoms with Crippen molar-refractivity contribution in [1.82, 2.24) is 5.48 Å². The molecule has 0 bridgehead atoms. The molecular formula is C55H62N2O2S3. The number of rotatable bonds is 15. The van der Waals surface area contributed by atoms with Crippen LogP contribution in [-0.2, 0) is 14.5 Å². The van der Waals surface area contributed by atoms with E-state index < -0.39 is 4.87 Å². The van der Waals surface area contributed by atoms with Crippen molar-refractivity contribution in [2.45, 2.75) is 43.4 Å². The van der Waals surface area contributed by atoms with Gasteiger partial charge in [-0.25, -0.2) is 0 Å². The molecule has 0 aliphatic carbocycles. The zero-order valence-electron chi connectivity index (χ0n) is 36.6. The van der Waals surface area contributed by atoms with Gasteiger partial charge in [-0.15, -0.1) is 11.8 Å². The molecule has 4 nitrogen and oxygen atoms in total. The fourth-order valence-electron chi connectivity index (χ4n) is 6.43. The van der Waals surface area contributed by atoms with Crippen molar-refractivity contribution in [2.75, 3.05) is 31.5 Å².